The molecule has 1 N–H and O–H groups in total. The van der Waals surface area contributed by atoms with Crippen molar-refractivity contribution in [3.8, 4) is 11.5 Å². The van der Waals surface area contributed by atoms with E-state index in [0.29, 0.717) is 24.4 Å². The van der Waals surface area contributed by atoms with Gasteiger partial charge >= 0.3 is 6.03 Å². The monoisotopic (exact) mass is 331 g/mol. The number of ether oxygens (including phenoxy) is 1. The van der Waals surface area contributed by atoms with Crippen LogP contribution in [-0.2, 0) is 0 Å². The maximum Gasteiger partial charge on any atom is 0.317 e. The molecular weight excluding hydrogens is 309 g/mol. The average molecular weight is 331 g/mol. The molecule has 1 aromatic heterocycles. The number of benzene rings is 1. The van der Waals surface area contributed by atoms with Gasteiger partial charge in [0.2, 0.25) is 0 Å². The van der Waals surface area contributed by atoms with Gasteiger partial charge in [0.1, 0.15) is 5.75 Å². The number of hydrogen-bond donors (Lipinski definition) is 1. The van der Waals surface area contributed by atoms with E-state index in [-0.39, 0.29) is 17.8 Å². The fourth-order valence-corrected chi connectivity index (χ4v) is 2.27. The number of nitrogens with zero attached hydrogens (tertiary/aromatic N) is 2. The summed E-state index contributed by atoms with van der Waals surface area (Å²) in [6.07, 6.45) is 3.13. The van der Waals surface area contributed by atoms with Gasteiger partial charge in [-0.1, -0.05) is 6.07 Å². The summed E-state index contributed by atoms with van der Waals surface area (Å²) in [7, 11) is 0. The minimum atomic E-state index is -0.486. The van der Waals surface area contributed by atoms with Crippen LogP contribution < -0.4 is 10.1 Å². The van der Waals surface area contributed by atoms with Crippen molar-refractivity contribution in [3.05, 3.63) is 54.1 Å². The maximum absolute atomic E-state index is 14.3. The van der Waals surface area contributed by atoms with E-state index < -0.39 is 5.82 Å². The normalized spacial score (nSPS) is 11.7. The zero-order valence-corrected chi connectivity index (χ0v) is 14.1. The third-order valence-electron chi connectivity index (χ3n) is 3.71. The molecule has 2 aromatic rings. The van der Waals surface area contributed by atoms with E-state index in [2.05, 4.69) is 10.3 Å². The Balaban J connectivity index is 2.07. The molecule has 0 saturated heterocycles. The van der Waals surface area contributed by atoms with Gasteiger partial charge in [-0.3, -0.25) is 4.98 Å². The van der Waals surface area contributed by atoms with E-state index in [0.717, 1.165) is 0 Å². The van der Waals surface area contributed by atoms with Crippen LogP contribution in [0.15, 0.2) is 42.7 Å². The summed E-state index contributed by atoms with van der Waals surface area (Å²) in [6, 6.07) is 7.61. The Morgan fingerprint density at radius 1 is 1.33 bits per heavy atom. The summed E-state index contributed by atoms with van der Waals surface area (Å²) in [4.78, 5) is 17.7. The number of rotatable bonds is 6. The van der Waals surface area contributed by atoms with Crippen LogP contribution in [0.1, 0.15) is 32.4 Å². The Morgan fingerprint density at radius 2 is 2.08 bits per heavy atom. The van der Waals surface area contributed by atoms with Crippen molar-refractivity contribution in [2.24, 2.45) is 0 Å². The molecule has 0 unspecified atom stereocenters. The topological polar surface area (TPSA) is 54.5 Å². The Bertz CT molecular complexity index is 675. The number of pyridine rings is 1. The summed E-state index contributed by atoms with van der Waals surface area (Å²) in [6.45, 7) is 6.90. The Morgan fingerprint density at radius 3 is 2.67 bits per heavy atom. The zero-order chi connectivity index (χ0) is 17.5. The van der Waals surface area contributed by atoms with Crippen LogP contribution in [0.25, 0.3) is 0 Å². The van der Waals surface area contributed by atoms with Crippen LogP contribution in [-0.4, -0.2) is 29.0 Å². The zero-order valence-electron chi connectivity index (χ0n) is 14.1. The van der Waals surface area contributed by atoms with E-state index >= 15 is 0 Å². The molecule has 2 amide bonds. The van der Waals surface area contributed by atoms with Gasteiger partial charge in [0.15, 0.2) is 11.6 Å². The molecule has 1 aromatic carbocycles. The fraction of sp³-hybridized carbons (Fsp3) is 0.333. The highest BCUT2D eigenvalue weighted by Gasteiger charge is 2.15. The van der Waals surface area contributed by atoms with Gasteiger partial charge in [-0.25, -0.2) is 9.18 Å². The van der Waals surface area contributed by atoms with Crippen molar-refractivity contribution in [2.45, 2.75) is 26.8 Å². The van der Waals surface area contributed by atoms with Crippen LogP contribution in [0.3, 0.4) is 0 Å². The number of hydrogen-bond acceptors (Lipinski definition) is 3. The number of urea groups is 1. The SMILES string of the molecule is CCN(CC)C(=O)N[C@H](C)c1ccc(Oc2cccnc2)c(F)c1. The lowest BCUT2D eigenvalue weighted by molar-refractivity contribution is 0.200. The van der Waals surface area contributed by atoms with Gasteiger partial charge in [-0.05, 0) is 50.6 Å². The maximum atomic E-state index is 14.3. The molecule has 1 atom stereocenters. The second-order valence-electron chi connectivity index (χ2n) is 5.32. The molecule has 0 radical (unpaired) electrons. The third kappa shape index (κ3) is 4.44. The highest BCUT2D eigenvalue weighted by Crippen LogP contribution is 2.26. The summed E-state index contributed by atoms with van der Waals surface area (Å²) in [5.74, 6) is 0.0985. The highest BCUT2D eigenvalue weighted by molar-refractivity contribution is 5.74. The second kappa shape index (κ2) is 8.29. The number of halogens is 1. The molecule has 0 spiro atoms. The van der Waals surface area contributed by atoms with E-state index in [1.807, 2.05) is 20.8 Å². The first-order chi connectivity index (χ1) is 11.5. The lowest BCUT2D eigenvalue weighted by atomic mass is 10.1. The first kappa shape index (κ1) is 17.7. The number of carbonyl (C=O) groups excluding carboxylic acids is 1. The van der Waals surface area contributed by atoms with Crippen molar-refractivity contribution in [3.63, 3.8) is 0 Å². The molecule has 2 rings (SSSR count). The average Bonchev–Trinajstić information content (AvgIpc) is 2.58. The van der Waals surface area contributed by atoms with Gasteiger partial charge in [0.25, 0.3) is 0 Å². The number of amides is 2. The van der Waals surface area contributed by atoms with Gasteiger partial charge in [-0.2, -0.15) is 0 Å². The molecule has 0 aliphatic carbocycles. The van der Waals surface area contributed by atoms with E-state index in [4.69, 9.17) is 4.74 Å². The van der Waals surface area contributed by atoms with Crippen molar-refractivity contribution in [2.75, 3.05) is 13.1 Å². The predicted octanol–water partition coefficient (Wildman–Crippen LogP) is 4.13. The number of nitrogens with one attached hydrogen (secondary N) is 1. The van der Waals surface area contributed by atoms with E-state index in [1.165, 1.54) is 12.3 Å². The van der Waals surface area contributed by atoms with Crippen LogP contribution in [0, 0.1) is 5.82 Å². The van der Waals surface area contributed by atoms with Gasteiger partial charge in [0.05, 0.1) is 12.2 Å². The van der Waals surface area contributed by atoms with E-state index in [9.17, 15) is 9.18 Å². The third-order valence-corrected chi connectivity index (χ3v) is 3.71. The van der Waals surface area contributed by atoms with Crippen molar-refractivity contribution >= 4 is 6.03 Å². The van der Waals surface area contributed by atoms with Crippen LogP contribution >= 0.6 is 0 Å². The fourth-order valence-electron chi connectivity index (χ4n) is 2.27. The molecule has 1 heterocycles. The minimum absolute atomic E-state index is 0.119. The summed E-state index contributed by atoms with van der Waals surface area (Å²) in [5.41, 5.74) is 0.673. The summed E-state index contributed by atoms with van der Waals surface area (Å²) < 4.78 is 19.7. The molecule has 0 aliphatic heterocycles. The number of carbonyl (C=O) groups is 1. The Hall–Kier alpha value is -2.63. The van der Waals surface area contributed by atoms with Gasteiger partial charge < -0.3 is 15.0 Å². The van der Waals surface area contributed by atoms with Crippen molar-refractivity contribution in [1.82, 2.24) is 15.2 Å². The predicted molar refractivity (Wildman–Crippen MR) is 90.6 cm³/mol. The molecule has 6 heteroatoms. The minimum Gasteiger partial charge on any atom is -0.453 e. The van der Waals surface area contributed by atoms with Crippen LogP contribution in [0.2, 0.25) is 0 Å². The smallest absolute Gasteiger partial charge is 0.317 e. The van der Waals surface area contributed by atoms with E-state index in [1.54, 1.807) is 35.4 Å². The second-order valence-corrected chi connectivity index (χ2v) is 5.32. The molecule has 24 heavy (non-hydrogen) atoms. The van der Waals surface area contributed by atoms with Crippen LogP contribution in [0.5, 0.6) is 11.5 Å². The molecule has 5 nitrogen and oxygen atoms in total. The summed E-state index contributed by atoms with van der Waals surface area (Å²) in [5, 5.41) is 2.86. The first-order valence-corrected chi connectivity index (χ1v) is 7.97. The van der Waals surface area contributed by atoms with Crippen molar-refractivity contribution < 1.29 is 13.9 Å². The number of aromatic nitrogens is 1. The van der Waals surface area contributed by atoms with Gasteiger partial charge in [-0.15, -0.1) is 0 Å². The standard InChI is InChI=1S/C18H22FN3O2/c1-4-22(5-2)18(23)21-13(3)14-8-9-17(16(19)11-14)24-15-7-6-10-20-12-15/h6-13H,4-5H2,1-3H3,(H,21,23)/t13-/m1/s1. The largest absolute Gasteiger partial charge is 0.453 e. The Kier molecular flexibility index (Phi) is 6.12. The molecule has 0 saturated carbocycles. The van der Waals surface area contributed by atoms with Crippen LogP contribution in [0.4, 0.5) is 9.18 Å². The summed E-state index contributed by atoms with van der Waals surface area (Å²) >= 11 is 0. The first-order valence-electron chi connectivity index (χ1n) is 7.97. The van der Waals surface area contributed by atoms with Gasteiger partial charge in [0, 0.05) is 19.3 Å². The molecule has 0 bridgehead atoms. The lowest BCUT2D eigenvalue weighted by Crippen LogP contribution is -2.40. The Labute approximate surface area is 141 Å². The highest BCUT2D eigenvalue weighted by atomic mass is 19.1. The molecule has 0 aliphatic rings. The molecule has 128 valence electrons. The molecule has 0 fully saturated rings. The lowest BCUT2D eigenvalue weighted by Gasteiger charge is -2.23. The molecular formula is C18H22FN3O2. The van der Waals surface area contributed by atoms with Crippen molar-refractivity contribution in [1.29, 1.82) is 0 Å². The quantitative estimate of drug-likeness (QED) is 0.866.